The van der Waals surface area contributed by atoms with Crippen molar-refractivity contribution in [2.75, 3.05) is 30.9 Å². The minimum absolute atomic E-state index is 0.0901. The normalized spacial score (nSPS) is 17.5. The fraction of sp³-hybridized carbons (Fsp3) is 0.500. The number of nitrogens with one attached hydrogen (secondary N) is 3. The number of amides is 2. The molecule has 0 radical (unpaired) electrons. The van der Waals surface area contributed by atoms with Gasteiger partial charge in [-0.3, -0.25) is 9.59 Å². The molecule has 1 aliphatic rings. The van der Waals surface area contributed by atoms with Crippen LogP contribution < -0.4 is 20.7 Å². The van der Waals surface area contributed by atoms with Gasteiger partial charge in [0.25, 0.3) is 5.91 Å². The van der Waals surface area contributed by atoms with Crippen molar-refractivity contribution in [1.82, 2.24) is 5.32 Å². The highest BCUT2D eigenvalue weighted by molar-refractivity contribution is 5.98. The van der Waals surface area contributed by atoms with Crippen LogP contribution in [0.15, 0.2) is 18.2 Å². The summed E-state index contributed by atoms with van der Waals surface area (Å²) < 4.78 is 10.4. The molecule has 2 rings (SSSR count). The van der Waals surface area contributed by atoms with Crippen LogP contribution in [0.2, 0.25) is 0 Å². The van der Waals surface area contributed by atoms with Gasteiger partial charge in [0.05, 0.1) is 5.69 Å². The Morgan fingerprint density at radius 1 is 1.48 bits per heavy atom. The van der Waals surface area contributed by atoms with Crippen molar-refractivity contribution < 1.29 is 19.1 Å². The Balaban J connectivity index is 1.91. The molecule has 7 nitrogen and oxygen atoms in total. The van der Waals surface area contributed by atoms with Crippen LogP contribution in [-0.4, -0.2) is 44.2 Å². The lowest BCUT2D eigenvalue weighted by atomic mass is 10.2. The van der Waals surface area contributed by atoms with Crippen molar-refractivity contribution in [1.29, 1.82) is 0 Å². The summed E-state index contributed by atoms with van der Waals surface area (Å²) in [5.74, 6) is 0.352. The van der Waals surface area contributed by atoms with Crippen LogP contribution in [0.3, 0.4) is 0 Å². The molecule has 0 saturated heterocycles. The highest BCUT2D eigenvalue weighted by Crippen LogP contribution is 2.32. The monoisotopic (exact) mass is 321 g/mol. The number of fused-ring (bicyclic) bond motifs is 1. The first-order chi connectivity index (χ1) is 11.0. The van der Waals surface area contributed by atoms with Gasteiger partial charge in [-0.2, -0.15) is 0 Å². The smallest absolute Gasteiger partial charge is 0.265 e. The Kier molecular flexibility index (Phi) is 5.81. The summed E-state index contributed by atoms with van der Waals surface area (Å²) in [6.45, 7) is 4.67. The maximum absolute atomic E-state index is 12.0. The van der Waals surface area contributed by atoms with Crippen molar-refractivity contribution in [3.05, 3.63) is 18.2 Å². The number of benzene rings is 1. The standard InChI is InChI=1S/C16H23N3O4/c1-10(15(20)17-7-4-8-22-3)18-12-5-6-14-13(9-12)19-16(21)11(2)23-14/h5-6,9-11,18H,4,7-8H2,1-3H3,(H,17,20)(H,19,21). The summed E-state index contributed by atoms with van der Waals surface area (Å²) in [4.78, 5) is 23.6. The van der Waals surface area contributed by atoms with Crippen LogP contribution in [0.1, 0.15) is 20.3 Å². The summed E-state index contributed by atoms with van der Waals surface area (Å²) in [6.07, 6.45) is 0.271. The minimum Gasteiger partial charge on any atom is -0.479 e. The highest BCUT2D eigenvalue weighted by atomic mass is 16.5. The maximum atomic E-state index is 12.0. The Morgan fingerprint density at radius 2 is 2.26 bits per heavy atom. The van der Waals surface area contributed by atoms with E-state index in [1.165, 1.54) is 0 Å². The summed E-state index contributed by atoms with van der Waals surface area (Å²) in [6, 6.07) is 4.96. The molecule has 7 heteroatoms. The zero-order chi connectivity index (χ0) is 16.8. The third kappa shape index (κ3) is 4.59. The van der Waals surface area contributed by atoms with E-state index in [0.29, 0.717) is 24.6 Å². The van der Waals surface area contributed by atoms with E-state index < -0.39 is 12.1 Å². The summed E-state index contributed by atoms with van der Waals surface area (Å²) >= 11 is 0. The van der Waals surface area contributed by atoms with Crippen LogP contribution in [-0.2, 0) is 14.3 Å². The predicted octanol–water partition coefficient (Wildman–Crippen LogP) is 1.36. The van der Waals surface area contributed by atoms with Crippen LogP contribution in [0.25, 0.3) is 0 Å². The van der Waals surface area contributed by atoms with Gasteiger partial charge in [0.15, 0.2) is 6.10 Å². The molecule has 1 aromatic rings. The number of carbonyl (C=O) groups excluding carboxylic acids is 2. The van der Waals surface area contributed by atoms with Gasteiger partial charge in [-0.25, -0.2) is 0 Å². The van der Waals surface area contributed by atoms with Gasteiger partial charge in [0, 0.05) is 25.9 Å². The molecule has 0 saturated carbocycles. The molecule has 126 valence electrons. The Morgan fingerprint density at radius 3 is 3.00 bits per heavy atom. The summed E-state index contributed by atoms with van der Waals surface area (Å²) in [7, 11) is 1.63. The van der Waals surface area contributed by atoms with Gasteiger partial charge in [-0.1, -0.05) is 0 Å². The molecule has 0 fully saturated rings. The summed E-state index contributed by atoms with van der Waals surface area (Å²) in [5, 5.41) is 8.73. The van der Waals surface area contributed by atoms with Gasteiger partial charge >= 0.3 is 0 Å². The van der Waals surface area contributed by atoms with Crippen LogP contribution in [0.5, 0.6) is 5.75 Å². The number of ether oxygens (including phenoxy) is 2. The SMILES string of the molecule is COCCCNC(=O)C(C)Nc1ccc2c(c1)NC(=O)C(C)O2. The van der Waals surface area contributed by atoms with E-state index in [1.54, 1.807) is 33.1 Å². The molecule has 3 N–H and O–H groups in total. The molecule has 1 heterocycles. The first-order valence-electron chi connectivity index (χ1n) is 7.66. The number of anilines is 2. The van der Waals surface area contributed by atoms with E-state index in [0.717, 1.165) is 12.1 Å². The first kappa shape index (κ1) is 17.1. The quantitative estimate of drug-likeness (QED) is 0.660. The van der Waals surface area contributed by atoms with Crippen LogP contribution >= 0.6 is 0 Å². The number of hydrogen-bond acceptors (Lipinski definition) is 5. The lowest BCUT2D eigenvalue weighted by molar-refractivity contribution is -0.123. The van der Waals surface area contributed by atoms with Gasteiger partial charge in [0.1, 0.15) is 11.8 Å². The zero-order valence-corrected chi connectivity index (χ0v) is 13.6. The highest BCUT2D eigenvalue weighted by Gasteiger charge is 2.23. The molecule has 0 aromatic heterocycles. The summed E-state index contributed by atoms with van der Waals surface area (Å²) in [5.41, 5.74) is 1.34. The van der Waals surface area contributed by atoms with E-state index in [1.807, 2.05) is 6.07 Å². The fourth-order valence-corrected chi connectivity index (χ4v) is 2.20. The largest absolute Gasteiger partial charge is 0.479 e. The Labute approximate surface area is 135 Å². The van der Waals surface area contributed by atoms with E-state index in [9.17, 15) is 9.59 Å². The van der Waals surface area contributed by atoms with Crippen LogP contribution in [0.4, 0.5) is 11.4 Å². The second-order valence-corrected chi connectivity index (χ2v) is 5.46. The third-order valence-electron chi connectivity index (χ3n) is 3.51. The van der Waals surface area contributed by atoms with E-state index in [-0.39, 0.29) is 11.8 Å². The number of rotatable bonds is 7. The topological polar surface area (TPSA) is 88.7 Å². The van der Waals surface area contributed by atoms with E-state index in [4.69, 9.17) is 9.47 Å². The second-order valence-electron chi connectivity index (χ2n) is 5.46. The molecular weight excluding hydrogens is 298 g/mol. The molecule has 23 heavy (non-hydrogen) atoms. The van der Waals surface area contributed by atoms with Crippen molar-refractivity contribution in [2.45, 2.75) is 32.4 Å². The second kappa shape index (κ2) is 7.82. The Hall–Kier alpha value is -2.28. The average molecular weight is 321 g/mol. The van der Waals surface area contributed by atoms with E-state index >= 15 is 0 Å². The van der Waals surface area contributed by atoms with Gasteiger partial charge in [-0.05, 0) is 38.5 Å². The van der Waals surface area contributed by atoms with Crippen molar-refractivity contribution in [2.24, 2.45) is 0 Å². The molecule has 1 aliphatic heterocycles. The number of hydrogen-bond donors (Lipinski definition) is 3. The molecule has 0 spiro atoms. The molecule has 0 aliphatic carbocycles. The molecule has 2 atom stereocenters. The maximum Gasteiger partial charge on any atom is 0.265 e. The third-order valence-corrected chi connectivity index (χ3v) is 3.51. The molecule has 1 aromatic carbocycles. The van der Waals surface area contributed by atoms with Crippen molar-refractivity contribution in [3.8, 4) is 5.75 Å². The zero-order valence-electron chi connectivity index (χ0n) is 13.6. The van der Waals surface area contributed by atoms with Crippen molar-refractivity contribution >= 4 is 23.2 Å². The predicted molar refractivity (Wildman–Crippen MR) is 87.7 cm³/mol. The minimum atomic E-state index is -0.502. The van der Waals surface area contributed by atoms with Gasteiger partial charge in [-0.15, -0.1) is 0 Å². The van der Waals surface area contributed by atoms with Gasteiger partial charge in [0.2, 0.25) is 5.91 Å². The van der Waals surface area contributed by atoms with Gasteiger partial charge < -0.3 is 25.4 Å². The van der Waals surface area contributed by atoms with Crippen LogP contribution in [0, 0.1) is 0 Å². The lowest BCUT2D eigenvalue weighted by Crippen LogP contribution is -2.38. The average Bonchev–Trinajstić information content (AvgIpc) is 2.52. The molecule has 2 amide bonds. The fourth-order valence-electron chi connectivity index (χ4n) is 2.20. The number of carbonyl (C=O) groups is 2. The molecule has 2 unspecified atom stereocenters. The lowest BCUT2D eigenvalue weighted by Gasteiger charge is -2.24. The molecular formula is C16H23N3O4. The number of methoxy groups -OCH3 is 1. The van der Waals surface area contributed by atoms with E-state index in [2.05, 4.69) is 16.0 Å². The van der Waals surface area contributed by atoms with Crippen molar-refractivity contribution in [3.63, 3.8) is 0 Å². The first-order valence-corrected chi connectivity index (χ1v) is 7.66. The Bertz CT molecular complexity index is 576. The molecule has 0 bridgehead atoms.